The zero-order valence-electron chi connectivity index (χ0n) is 18.4. The van der Waals surface area contributed by atoms with E-state index in [1.807, 2.05) is 54.5 Å². The van der Waals surface area contributed by atoms with Crippen molar-refractivity contribution in [2.45, 2.75) is 67.0 Å². The van der Waals surface area contributed by atoms with Gasteiger partial charge in [-0.05, 0) is 52.3 Å². The first kappa shape index (κ1) is 23.5. The fraction of sp³-hybridized carbons (Fsp3) is 0.545. The van der Waals surface area contributed by atoms with Crippen molar-refractivity contribution in [1.29, 1.82) is 0 Å². The fourth-order valence-electron chi connectivity index (χ4n) is 2.80. The Labute approximate surface area is 167 Å². The Bertz CT molecular complexity index is 863. The van der Waals surface area contributed by atoms with Gasteiger partial charge >= 0.3 is 0 Å². The lowest BCUT2D eigenvalue weighted by Crippen LogP contribution is -2.43. The maximum absolute atomic E-state index is 13.0. The summed E-state index contributed by atoms with van der Waals surface area (Å²) < 4.78 is 12.9. The van der Waals surface area contributed by atoms with Gasteiger partial charge in [-0.3, -0.25) is 9.59 Å². The second kappa shape index (κ2) is 10.2. The van der Waals surface area contributed by atoms with Crippen LogP contribution >= 0.6 is 0 Å². The number of aromatic nitrogens is 1. The van der Waals surface area contributed by atoms with Crippen molar-refractivity contribution in [2.24, 2.45) is 0 Å². The van der Waals surface area contributed by atoms with Gasteiger partial charge in [0.2, 0.25) is 0 Å². The minimum Gasteiger partial charge on any atom is -0.493 e. The summed E-state index contributed by atoms with van der Waals surface area (Å²) in [6, 6.07) is 5.26. The molecule has 0 spiro atoms. The third-order valence-corrected chi connectivity index (χ3v) is 3.89. The summed E-state index contributed by atoms with van der Waals surface area (Å²) >= 11 is 0. The number of rotatable bonds is 6. The molecule has 28 heavy (non-hydrogen) atoms. The van der Waals surface area contributed by atoms with Crippen LogP contribution in [0.2, 0.25) is 0 Å². The van der Waals surface area contributed by atoms with E-state index in [1.54, 1.807) is 23.8 Å². The molecule has 0 aliphatic rings. The molecule has 1 aromatic carbocycles. The van der Waals surface area contributed by atoms with Crippen molar-refractivity contribution in [3.05, 3.63) is 34.1 Å². The Morgan fingerprint density at radius 1 is 1.18 bits per heavy atom. The highest BCUT2D eigenvalue weighted by atomic mass is 16.5. The molecule has 0 atom stereocenters. The van der Waals surface area contributed by atoms with E-state index in [-0.39, 0.29) is 17.0 Å². The summed E-state index contributed by atoms with van der Waals surface area (Å²) in [7, 11) is 1.57. The third-order valence-electron chi connectivity index (χ3n) is 3.89. The predicted molar refractivity (Wildman–Crippen MR) is 115 cm³/mol. The third kappa shape index (κ3) is 5.27. The van der Waals surface area contributed by atoms with Crippen LogP contribution in [0.25, 0.3) is 10.9 Å². The van der Waals surface area contributed by atoms with Crippen LogP contribution in [0.15, 0.2) is 23.0 Å². The molecule has 0 fully saturated rings. The Morgan fingerprint density at radius 2 is 1.82 bits per heavy atom. The summed E-state index contributed by atoms with van der Waals surface area (Å²) in [5.41, 5.74) is 0.0139. The van der Waals surface area contributed by atoms with Crippen molar-refractivity contribution in [1.82, 2.24) is 9.88 Å². The van der Waals surface area contributed by atoms with Crippen molar-refractivity contribution < 1.29 is 14.3 Å². The van der Waals surface area contributed by atoms with Gasteiger partial charge in [0.05, 0.1) is 19.2 Å². The Morgan fingerprint density at radius 3 is 2.32 bits per heavy atom. The van der Waals surface area contributed by atoms with Crippen LogP contribution in [0.5, 0.6) is 11.5 Å². The number of pyridine rings is 1. The van der Waals surface area contributed by atoms with Crippen LogP contribution in [0.1, 0.15) is 65.2 Å². The predicted octanol–water partition coefficient (Wildman–Crippen LogP) is 4.37. The smallest absolute Gasteiger partial charge is 0.263 e. The molecule has 2 rings (SSSR count). The van der Waals surface area contributed by atoms with E-state index in [0.717, 1.165) is 11.8 Å². The van der Waals surface area contributed by atoms with E-state index >= 15 is 0 Å². The number of aryl methyl sites for hydroxylation is 1. The van der Waals surface area contributed by atoms with E-state index in [0.29, 0.717) is 30.2 Å². The maximum atomic E-state index is 13.0. The van der Waals surface area contributed by atoms with Crippen LogP contribution in [0, 0.1) is 0 Å². The molecule has 1 heterocycles. The molecule has 6 heteroatoms. The van der Waals surface area contributed by atoms with Gasteiger partial charge in [-0.1, -0.05) is 20.8 Å². The number of fused-ring (bicyclic) bond motifs is 1. The zero-order valence-corrected chi connectivity index (χ0v) is 18.4. The summed E-state index contributed by atoms with van der Waals surface area (Å²) in [5, 5.41) is 3.62. The molecule has 1 N–H and O–H groups in total. The van der Waals surface area contributed by atoms with Crippen molar-refractivity contribution in [3.63, 3.8) is 0 Å². The molecular formula is C22H34N2O4. The summed E-state index contributed by atoms with van der Waals surface area (Å²) in [6.45, 7) is 14.5. The van der Waals surface area contributed by atoms with E-state index in [1.165, 1.54) is 0 Å². The highest BCUT2D eigenvalue weighted by Crippen LogP contribution is 2.35. The first-order valence-corrected chi connectivity index (χ1v) is 9.93. The van der Waals surface area contributed by atoms with Crippen LogP contribution in [0.3, 0.4) is 0 Å². The Kier molecular flexibility index (Phi) is 8.54. The number of ether oxygens (including phenoxy) is 2. The minimum absolute atomic E-state index is 0.126. The highest BCUT2D eigenvalue weighted by molar-refractivity contribution is 5.99. The monoisotopic (exact) mass is 390 g/mol. The number of benzene rings is 1. The zero-order chi connectivity index (χ0) is 21.5. The van der Waals surface area contributed by atoms with E-state index in [2.05, 4.69) is 5.32 Å². The quantitative estimate of drug-likeness (QED) is 0.795. The summed E-state index contributed by atoms with van der Waals surface area (Å²) in [6.07, 6.45) is 0.835. The highest BCUT2D eigenvalue weighted by Gasteiger charge is 2.22. The molecule has 0 bridgehead atoms. The molecule has 2 aromatic rings. The molecule has 0 saturated carbocycles. The van der Waals surface area contributed by atoms with Gasteiger partial charge in [-0.15, -0.1) is 0 Å². The largest absolute Gasteiger partial charge is 0.493 e. The van der Waals surface area contributed by atoms with E-state index in [9.17, 15) is 9.59 Å². The average Bonchev–Trinajstić information content (AvgIpc) is 2.65. The van der Waals surface area contributed by atoms with Crippen molar-refractivity contribution in [3.8, 4) is 11.5 Å². The van der Waals surface area contributed by atoms with Gasteiger partial charge in [0, 0.05) is 17.5 Å². The van der Waals surface area contributed by atoms with Gasteiger partial charge in [-0.25, -0.2) is 0 Å². The fourth-order valence-corrected chi connectivity index (χ4v) is 2.80. The lowest BCUT2D eigenvalue weighted by atomic mass is 10.1. The standard InChI is InChI=1S/C20H28N2O4.C2H6/c1-7-11-26-17-15(25-6)10-9-13-12-14(18(23)21-20(3,4)5)19(24)22(8-2)16(13)17;1-2/h9-10,12H,7-8,11H2,1-6H3,(H,21,23);1-2H3. The Hall–Kier alpha value is -2.50. The number of methoxy groups -OCH3 is 1. The number of carbonyl (C=O) groups is 1. The van der Waals surface area contributed by atoms with Crippen molar-refractivity contribution >= 4 is 16.8 Å². The average molecular weight is 391 g/mol. The molecular weight excluding hydrogens is 356 g/mol. The van der Waals surface area contributed by atoms with Gasteiger partial charge < -0.3 is 19.4 Å². The number of amides is 1. The number of nitrogens with one attached hydrogen (secondary N) is 1. The van der Waals surface area contributed by atoms with Gasteiger partial charge in [-0.2, -0.15) is 0 Å². The molecule has 0 aliphatic carbocycles. The van der Waals surface area contributed by atoms with Crippen LogP contribution in [-0.4, -0.2) is 29.7 Å². The van der Waals surface area contributed by atoms with Gasteiger partial charge in [0.25, 0.3) is 11.5 Å². The number of carbonyl (C=O) groups excluding carboxylic acids is 1. The Balaban J connectivity index is 0.00000190. The van der Waals surface area contributed by atoms with E-state index < -0.39 is 5.54 Å². The van der Waals surface area contributed by atoms with Crippen LogP contribution in [-0.2, 0) is 6.54 Å². The lowest BCUT2D eigenvalue weighted by Gasteiger charge is -2.21. The summed E-state index contributed by atoms with van der Waals surface area (Å²) in [4.78, 5) is 25.6. The first-order chi connectivity index (χ1) is 13.2. The van der Waals surface area contributed by atoms with Gasteiger partial charge in [0.15, 0.2) is 11.5 Å². The molecule has 0 saturated heterocycles. The second-order valence-electron chi connectivity index (χ2n) is 7.19. The van der Waals surface area contributed by atoms with Gasteiger partial charge in [0.1, 0.15) is 5.56 Å². The molecule has 0 radical (unpaired) electrons. The number of hydrogen-bond acceptors (Lipinski definition) is 4. The second-order valence-corrected chi connectivity index (χ2v) is 7.19. The molecule has 156 valence electrons. The number of hydrogen-bond donors (Lipinski definition) is 1. The van der Waals surface area contributed by atoms with Crippen LogP contribution in [0.4, 0.5) is 0 Å². The van der Waals surface area contributed by atoms with Crippen LogP contribution < -0.4 is 20.3 Å². The SMILES string of the molecule is CC.CCCOc1c(OC)ccc2cc(C(=O)NC(C)(C)C)c(=O)n(CC)c12. The topological polar surface area (TPSA) is 69.6 Å². The summed E-state index contributed by atoms with van der Waals surface area (Å²) in [5.74, 6) is 0.728. The minimum atomic E-state index is -0.426. The lowest BCUT2D eigenvalue weighted by molar-refractivity contribution is 0.0917. The molecule has 1 amide bonds. The first-order valence-electron chi connectivity index (χ1n) is 9.93. The molecule has 1 aromatic heterocycles. The molecule has 0 unspecified atom stereocenters. The van der Waals surface area contributed by atoms with E-state index in [4.69, 9.17) is 9.47 Å². The number of nitrogens with zero attached hydrogens (tertiary/aromatic N) is 1. The van der Waals surface area contributed by atoms with Crippen molar-refractivity contribution in [2.75, 3.05) is 13.7 Å². The molecule has 6 nitrogen and oxygen atoms in total. The molecule has 0 aliphatic heterocycles. The maximum Gasteiger partial charge on any atom is 0.263 e. The normalized spacial score (nSPS) is 10.9.